The lowest BCUT2D eigenvalue weighted by molar-refractivity contribution is -0.116. The van der Waals surface area contributed by atoms with Gasteiger partial charge in [0.1, 0.15) is 0 Å². The fraction of sp³-hybridized carbons (Fsp3) is 0.222. The Kier molecular flexibility index (Phi) is 5.78. The number of benzene rings is 2. The Hall–Kier alpha value is -2.03. The van der Waals surface area contributed by atoms with Crippen molar-refractivity contribution < 1.29 is 18.0 Å². The summed E-state index contributed by atoms with van der Waals surface area (Å²) in [6.07, 6.45) is -0.171. The van der Waals surface area contributed by atoms with E-state index in [1.165, 1.54) is 23.9 Å². The molecule has 0 atom stereocenters. The lowest BCUT2D eigenvalue weighted by Gasteiger charge is -2.17. The second-order valence-corrected chi connectivity index (χ2v) is 9.63. The monoisotopic (exact) mass is 424 g/mol. The number of halogens is 1. The van der Waals surface area contributed by atoms with Crippen LogP contribution in [0.3, 0.4) is 0 Å². The van der Waals surface area contributed by atoms with Gasteiger partial charge in [-0.25, -0.2) is 8.42 Å². The van der Waals surface area contributed by atoms with Gasteiger partial charge in [-0.05, 0) is 42.8 Å². The summed E-state index contributed by atoms with van der Waals surface area (Å²) in [4.78, 5) is 24.4. The number of hydrogen-bond acceptors (Lipinski definition) is 5. The molecule has 2 amide bonds. The van der Waals surface area contributed by atoms with Crippen LogP contribution in [0.25, 0.3) is 0 Å². The predicted molar refractivity (Wildman–Crippen MR) is 107 cm³/mol. The maximum absolute atomic E-state index is 12.6. The maximum Gasteiger partial charge on any atom is 0.234 e. The highest BCUT2D eigenvalue weighted by atomic mass is 35.5. The van der Waals surface area contributed by atoms with Crippen LogP contribution in [0.5, 0.6) is 0 Å². The zero-order valence-electron chi connectivity index (χ0n) is 14.4. The second kappa shape index (κ2) is 7.92. The maximum atomic E-state index is 12.6. The van der Waals surface area contributed by atoms with E-state index in [0.29, 0.717) is 21.3 Å². The molecule has 2 aromatic rings. The van der Waals surface area contributed by atoms with E-state index in [4.69, 9.17) is 11.6 Å². The number of sulfone groups is 1. The van der Waals surface area contributed by atoms with E-state index in [1.54, 1.807) is 24.3 Å². The van der Waals surface area contributed by atoms with E-state index in [0.717, 1.165) is 5.56 Å². The summed E-state index contributed by atoms with van der Waals surface area (Å²) < 4.78 is 25.1. The van der Waals surface area contributed by atoms with E-state index < -0.39 is 15.7 Å². The summed E-state index contributed by atoms with van der Waals surface area (Å²) in [6, 6.07) is 9.67. The number of rotatable bonds is 5. The van der Waals surface area contributed by atoms with Crippen molar-refractivity contribution in [2.24, 2.45) is 0 Å². The molecule has 6 nitrogen and oxygen atoms in total. The summed E-state index contributed by atoms with van der Waals surface area (Å²) >= 11 is 7.21. The van der Waals surface area contributed by atoms with Crippen molar-refractivity contribution in [2.75, 3.05) is 22.1 Å². The third-order valence-corrected chi connectivity index (χ3v) is 7.02. The smallest absolute Gasteiger partial charge is 0.234 e. The van der Waals surface area contributed by atoms with Crippen LogP contribution in [0.15, 0.2) is 46.2 Å². The van der Waals surface area contributed by atoms with Crippen molar-refractivity contribution in [3.63, 3.8) is 0 Å². The topological polar surface area (TPSA) is 92.3 Å². The molecule has 0 saturated carbocycles. The number of thioether (sulfide) groups is 1. The van der Waals surface area contributed by atoms with Crippen molar-refractivity contribution in [1.82, 2.24) is 0 Å². The van der Waals surface area contributed by atoms with Crippen molar-refractivity contribution in [3.05, 3.63) is 47.0 Å². The third kappa shape index (κ3) is 4.82. The van der Waals surface area contributed by atoms with Gasteiger partial charge in [-0.2, -0.15) is 0 Å². The lowest BCUT2D eigenvalue weighted by atomic mass is 10.2. The molecule has 1 aliphatic heterocycles. The Morgan fingerprint density at radius 1 is 1.26 bits per heavy atom. The Morgan fingerprint density at radius 3 is 2.81 bits per heavy atom. The van der Waals surface area contributed by atoms with Gasteiger partial charge in [-0.15, -0.1) is 11.8 Å². The minimum Gasteiger partial charge on any atom is -0.326 e. The first kappa shape index (κ1) is 19.7. The summed E-state index contributed by atoms with van der Waals surface area (Å²) in [7, 11) is -3.63. The van der Waals surface area contributed by atoms with E-state index in [2.05, 4.69) is 10.6 Å². The van der Waals surface area contributed by atoms with Gasteiger partial charge in [-0.1, -0.05) is 17.7 Å². The molecule has 3 rings (SSSR count). The van der Waals surface area contributed by atoms with Crippen LogP contribution in [-0.4, -0.2) is 31.7 Å². The zero-order chi connectivity index (χ0) is 19.6. The Bertz CT molecular complexity index is 1020. The number of anilines is 2. The Morgan fingerprint density at radius 2 is 2.04 bits per heavy atom. The quantitative estimate of drug-likeness (QED) is 0.766. The standard InChI is InChI=1S/C18H17ClN2O4S2/c1-11-2-3-12(19)8-15(11)21-17(22)6-7-27(24,25)13-4-5-14-16(9-13)26-10-18(23)20-14/h2-5,8-9H,6-7,10H2,1H3,(H,20,23)(H,21,22). The predicted octanol–water partition coefficient (Wildman–Crippen LogP) is 3.50. The molecule has 142 valence electrons. The van der Waals surface area contributed by atoms with Crippen LogP contribution in [0.1, 0.15) is 12.0 Å². The highest BCUT2D eigenvalue weighted by molar-refractivity contribution is 8.00. The summed E-state index contributed by atoms with van der Waals surface area (Å²) in [5, 5.41) is 5.87. The van der Waals surface area contributed by atoms with Crippen LogP contribution >= 0.6 is 23.4 Å². The molecule has 1 heterocycles. The lowest BCUT2D eigenvalue weighted by Crippen LogP contribution is -2.20. The molecule has 9 heteroatoms. The van der Waals surface area contributed by atoms with Crippen molar-refractivity contribution in [2.45, 2.75) is 23.1 Å². The molecule has 27 heavy (non-hydrogen) atoms. The number of carbonyl (C=O) groups is 2. The van der Waals surface area contributed by atoms with Gasteiger partial charge in [-0.3, -0.25) is 9.59 Å². The molecular weight excluding hydrogens is 408 g/mol. The SMILES string of the molecule is Cc1ccc(Cl)cc1NC(=O)CCS(=O)(=O)c1ccc2c(c1)SCC(=O)N2. The van der Waals surface area contributed by atoms with Gasteiger partial charge in [0.05, 0.1) is 22.1 Å². The van der Waals surface area contributed by atoms with Crippen molar-refractivity contribution >= 4 is 56.4 Å². The summed E-state index contributed by atoms with van der Waals surface area (Å²) in [5.74, 6) is -0.578. The number of amides is 2. The zero-order valence-corrected chi connectivity index (χ0v) is 16.8. The molecule has 0 saturated heterocycles. The minimum atomic E-state index is -3.63. The van der Waals surface area contributed by atoms with Gasteiger partial charge < -0.3 is 10.6 Å². The number of carbonyl (C=O) groups excluding carboxylic acids is 2. The normalized spacial score (nSPS) is 13.6. The molecule has 0 aromatic heterocycles. The van der Waals surface area contributed by atoms with Crippen LogP contribution in [0, 0.1) is 6.92 Å². The largest absolute Gasteiger partial charge is 0.326 e. The van der Waals surface area contributed by atoms with Crippen LogP contribution in [0.4, 0.5) is 11.4 Å². The summed E-state index contributed by atoms with van der Waals surface area (Å²) in [6.45, 7) is 1.83. The van der Waals surface area contributed by atoms with Gasteiger partial charge >= 0.3 is 0 Å². The molecular formula is C18H17ClN2O4S2. The van der Waals surface area contributed by atoms with Gasteiger partial charge in [0.25, 0.3) is 0 Å². The molecule has 0 fully saturated rings. The third-order valence-electron chi connectivity index (χ3n) is 4.02. The number of hydrogen-bond donors (Lipinski definition) is 2. The average Bonchev–Trinajstić information content (AvgIpc) is 2.62. The molecule has 1 aliphatic rings. The van der Waals surface area contributed by atoms with Crippen LogP contribution in [0.2, 0.25) is 5.02 Å². The molecule has 0 radical (unpaired) electrons. The first-order chi connectivity index (χ1) is 12.7. The molecule has 0 aliphatic carbocycles. The first-order valence-corrected chi connectivity index (χ1v) is 11.1. The fourth-order valence-electron chi connectivity index (χ4n) is 2.53. The molecule has 0 unspecified atom stereocenters. The molecule has 2 N–H and O–H groups in total. The van der Waals surface area contributed by atoms with E-state index in [-0.39, 0.29) is 28.7 Å². The van der Waals surface area contributed by atoms with Crippen molar-refractivity contribution in [3.8, 4) is 0 Å². The highest BCUT2D eigenvalue weighted by Gasteiger charge is 2.21. The number of aryl methyl sites for hydroxylation is 1. The average molecular weight is 425 g/mol. The van der Waals surface area contributed by atoms with Crippen molar-refractivity contribution in [1.29, 1.82) is 0 Å². The molecule has 2 aromatic carbocycles. The van der Waals surface area contributed by atoms with E-state index in [1.807, 2.05) is 6.92 Å². The summed E-state index contributed by atoms with van der Waals surface area (Å²) in [5.41, 5.74) is 2.00. The first-order valence-electron chi connectivity index (χ1n) is 8.10. The second-order valence-electron chi connectivity index (χ2n) is 6.07. The van der Waals surface area contributed by atoms with Gasteiger partial charge in [0.15, 0.2) is 9.84 Å². The molecule has 0 spiro atoms. The Balaban J connectivity index is 1.67. The molecule has 0 bridgehead atoms. The van der Waals surface area contributed by atoms with Crippen LogP contribution < -0.4 is 10.6 Å². The van der Waals surface area contributed by atoms with E-state index >= 15 is 0 Å². The Labute approximate surface area is 166 Å². The fourth-order valence-corrected chi connectivity index (χ4v) is 4.89. The van der Waals surface area contributed by atoms with Crippen LogP contribution in [-0.2, 0) is 19.4 Å². The van der Waals surface area contributed by atoms with Gasteiger partial charge in [0.2, 0.25) is 11.8 Å². The van der Waals surface area contributed by atoms with Gasteiger partial charge in [0, 0.05) is 22.0 Å². The highest BCUT2D eigenvalue weighted by Crippen LogP contribution is 2.33. The number of fused-ring (bicyclic) bond motifs is 1. The number of nitrogens with one attached hydrogen (secondary N) is 2. The van der Waals surface area contributed by atoms with E-state index in [9.17, 15) is 18.0 Å². The minimum absolute atomic E-state index is 0.115.